The number of aryl methyl sites for hydroxylation is 1. The number of nitrogens with zero attached hydrogens (tertiary/aromatic N) is 2. The Balaban J connectivity index is 2.04. The van der Waals surface area contributed by atoms with E-state index >= 15 is 0 Å². The summed E-state index contributed by atoms with van der Waals surface area (Å²) in [6.45, 7) is 4.60. The Hall–Kier alpha value is -1.66. The number of carbonyl (C=O) groups excluding carboxylic acids is 1. The van der Waals surface area contributed by atoms with Gasteiger partial charge in [0.1, 0.15) is 10.7 Å². The third kappa shape index (κ3) is 4.41. The van der Waals surface area contributed by atoms with Gasteiger partial charge in [0.15, 0.2) is 5.13 Å². The lowest BCUT2D eigenvalue weighted by Crippen LogP contribution is -2.24. The summed E-state index contributed by atoms with van der Waals surface area (Å²) in [6, 6.07) is 3.51. The average Bonchev–Trinajstić information content (AvgIpc) is 2.82. The van der Waals surface area contributed by atoms with Crippen molar-refractivity contribution in [2.75, 3.05) is 11.9 Å². The van der Waals surface area contributed by atoms with E-state index in [1.165, 1.54) is 11.3 Å². The molecule has 0 spiro atoms. The second-order valence-electron chi connectivity index (χ2n) is 4.53. The number of hydrogen-bond donors (Lipinski definition) is 2. The molecule has 1 amide bonds. The lowest BCUT2D eigenvalue weighted by Gasteiger charge is -2.02. The Morgan fingerprint density at radius 2 is 2.24 bits per heavy atom. The molecule has 2 N–H and O–H groups in total. The molecule has 21 heavy (non-hydrogen) atoms. The number of anilines is 2. The molecule has 0 radical (unpaired) electrons. The first-order valence-corrected chi connectivity index (χ1v) is 7.93. The van der Waals surface area contributed by atoms with Crippen molar-refractivity contribution in [1.29, 1.82) is 0 Å². The maximum absolute atomic E-state index is 12.0. The van der Waals surface area contributed by atoms with Crippen molar-refractivity contribution < 1.29 is 4.79 Å². The predicted octanol–water partition coefficient (Wildman–Crippen LogP) is 3.77. The minimum atomic E-state index is -0.0736. The van der Waals surface area contributed by atoms with E-state index in [-0.39, 0.29) is 5.91 Å². The number of thiazole rings is 1. The van der Waals surface area contributed by atoms with Gasteiger partial charge >= 0.3 is 0 Å². The van der Waals surface area contributed by atoms with Crippen molar-refractivity contribution in [3.8, 4) is 0 Å². The molecule has 5 nitrogen and oxygen atoms in total. The van der Waals surface area contributed by atoms with Gasteiger partial charge < -0.3 is 10.6 Å². The van der Waals surface area contributed by atoms with Gasteiger partial charge in [-0.2, -0.15) is 0 Å². The predicted molar refractivity (Wildman–Crippen MR) is 86.6 cm³/mol. The van der Waals surface area contributed by atoms with Gasteiger partial charge in [-0.25, -0.2) is 9.97 Å². The first-order chi connectivity index (χ1) is 10.1. The molecule has 0 aliphatic carbocycles. The summed E-state index contributed by atoms with van der Waals surface area (Å²) in [4.78, 5) is 21.2. The van der Waals surface area contributed by atoms with Gasteiger partial charge in [0.25, 0.3) is 5.91 Å². The minimum Gasteiger partial charge on any atom is -0.351 e. The lowest BCUT2D eigenvalue weighted by molar-refractivity contribution is 0.0956. The van der Waals surface area contributed by atoms with Crippen LogP contribution < -0.4 is 10.6 Å². The minimum absolute atomic E-state index is 0.0736. The summed E-state index contributed by atoms with van der Waals surface area (Å²) >= 11 is 7.11. The van der Waals surface area contributed by atoms with Crippen LogP contribution in [0.4, 0.5) is 10.9 Å². The molecule has 112 valence electrons. The van der Waals surface area contributed by atoms with Crippen LogP contribution in [0.25, 0.3) is 0 Å². The molecule has 2 rings (SSSR count). The fourth-order valence-corrected chi connectivity index (χ4v) is 2.68. The summed E-state index contributed by atoms with van der Waals surface area (Å²) in [7, 11) is 0. The Labute approximate surface area is 132 Å². The summed E-state index contributed by atoms with van der Waals surface area (Å²) < 4.78 is 0. The normalized spacial score (nSPS) is 10.4. The van der Waals surface area contributed by atoms with Crippen LogP contribution >= 0.6 is 22.9 Å². The molecule has 0 aliphatic heterocycles. The topological polar surface area (TPSA) is 66.9 Å². The van der Waals surface area contributed by atoms with Gasteiger partial charge in [-0.15, -0.1) is 0 Å². The molecule has 0 bridgehead atoms. The van der Waals surface area contributed by atoms with E-state index in [1.807, 2.05) is 6.92 Å². The van der Waals surface area contributed by atoms with Crippen molar-refractivity contribution >= 4 is 39.8 Å². The Bertz CT molecular complexity index is 612. The highest BCUT2D eigenvalue weighted by molar-refractivity contribution is 7.17. The molecule has 0 saturated heterocycles. The van der Waals surface area contributed by atoms with E-state index in [0.717, 1.165) is 12.8 Å². The van der Waals surface area contributed by atoms with E-state index in [2.05, 4.69) is 27.5 Å². The van der Waals surface area contributed by atoms with Gasteiger partial charge in [0.05, 0.1) is 10.7 Å². The summed E-state index contributed by atoms with van der Waals surface area (Å²) in [5.74, 6) is 0.571. The van der Waals surface area contributed by atoms with E-state index in [1.54, 1.807) is 18.3 Å². The van der Waals surface area contributed by atoms with Crippen molar-refractivity contribution in [2.24, 2.45) is 0 Å². The fourth-order valence-electron chi connectivity index (χ4n) is 1.68. The largest absolute Gasteiger partial charge is 0.351 e. The number of unbranched alkanes of at least 4 members (excludes halogenated alkanes) is 1. The molecule has 0 saturated carbocycles. The van der Waals surface area contributed by atoms with E-state index in [4.69, 9.17) is 11.6 Å². The molecule has 2 aromatic rings. The Morgan fingerprint density at radius 1 is 1.43 bits per heavy atom. The van der Waals surface area contributed by atoms with Crippen molar-refractivity contribution in [2.45, 2.75) is 26.7 Å². The fraction of sp³-hybridized carbons (Fsp3) is 0.357. The van der Waals surface area contributed by atoms with Gasteiger partial charge in [-0.3, -0.25) is 4.79 Å². The second kappa shape index (κ2) is 7.38. The van der Waals surface area contributed by atoms with Crippen LogP contribution in [-0.2, 0) is 0 Å². The SMILES string of the molecule is CCCCNC(=O)c1sc(Nc2ccc(Cl)cn2)nc1C. The number of amides is 1. The van der Waals surface area contributed by atoms with E-state index in [0.29, 0.717) is 33.1 Å². The summed E-state index contributed by atoms with van der Waals surface area (Å²) in [5, 5.41) is 7.19. The lowest BCUT2D eigenvalue weighted by atomic mass is 10.3. The van der Waals surface area contributed by atoms with Crippen LogP contribution in [0, 0.1) is 6.92 Å². The molecule has 7 heteroatoms. The van der Waals surface area contributed by atoms with Gasteiger partial charge in [-0.1, -0.05) is 36.3 Å². The highest BCUT2D eigenvalue weighted by atomic mass is 35.5. The molecule has 2 aromatic heterocycles. The number of nitrogens with one attached hydrogen (secondary N) is 2. The van der Waals surface area contributed by atoms with Gasteiger partial charge in [-0.05, 0) is 25.5 Å². The molecule has 0 unspecified atom stereocenters. The number of halogens is 1. The first-order valence-electron chi connectivity index (χ1n) is 6.74. The third-order valence-corrected chi connectivity index (χ3v) is 4.08. The van der Waals surface area contributed by atoms with E-state index in [9.17, 15) is 4.79 Å². The van der Waals surface area contributed by atoms with Crippen molar-refractivity contribution in [1.82, 2.24) is 15.3 Å². The zero-order valence-corrected chi connectivity index (χ0v) is 13.5. The first kappa shape index (κ1) is 15.7. The van der Waals surface area contributed by atoms with Crippen LogP contribution in [0.5, 0.6) is 0 Å². The molecule has 2 heterocycles. The third-order valence-electron chi connectivity index (χ3n) is 2.78. The maximum Gasteiger partial charge on any atom is 0.263 e. The maximum atomic E-state index is 12.0. The monoisotopic (exact) mass is 324 g/mol. The summed E-state index contributed by atoms with van der Waals surface area (Å²) in [5.41, 5.74) is 0.713. The molecule has 0 atom stereocenters. The number of aromatic nitrogens is 2. The Kier molecular flexibility index (Phi) is 5.52. The second-order valence-corrected chi connectivity index (χ2v) is 5.97. The highest BCUT2D eigenvalue weighted by Crippen LogP contribution is 2.25. The molecular formula is C14H17ClN4OS. The molecule has 0 aliphatic rings. The van der Waals surface area contributed by atoms with Crippen LogP contribution in [0.3, 0.4) is 0 Å². The average molecular weight is 325 g/mol. The number of carbonyl (C=O) groups is 1. The quantitative estimate of drug-likeness (QED) is 0.794. The molecular weight excluding hydrogens is 308 g/mol. The van der Waals surface area contributed by atoms with Crippen LogP contribution in [0.15, 0.2) is 18.3 Å². The van der Waals surface area contributed by atoms with Crippen LogP contribution in [0.2, 0.25) is 5.02 Å². The molecule has 0 fully saturated rings. The van der Waals surface area contributed by atoms with E-state index < -0.39 is 0 Å². The Morgan fingerprint density at radius 3 is 2.90 bits per heavy atom. The standard InChI is InChI=1S/C14H17ClN4OS/c1-3-4-7-16-13(20)12-9(2)18-14(21-12)19-11-6-5-10(15)8-17-11/h5-6,8H,3-4,7H2,1-2H3,(H,16,20)(H,17,18,19). The van der Waals surface area contributed by atoms with Crippen LogP contribution in [0.1, 0.15) is 35.1 Å². The molecule has 0 aromatic carbocycles. The zero-order chi connectivity index (χ0) is 15.2. The zero-order valence-electron chi connectivity index (χ0n) is 11.9. The van der Waals surface area contributed by atoms with Crippen molar-refractivity contribution in [3.05, 3.63) is 33.9 Å². The number of rotatable bonds is 6. The highest BCUT2D eigenvalue weighted by Gasteiger charge is 2.15. The van der Waals surface area contributed by atoms with Gasteiger partial charge in [0.2, 0.25) is 0 Å². The number of hydrogen-bond acceptors (Lipinski definition) is 5. The van der Waals surface area contributed by atoms with Gasteiger partial charge in [0, 0.05) is 12.7 Å². The van der Waals surface area contributed by atoms with Crippen LogP contribution in [-0.4, -0.2) is 22.4 Å². The smallest absolute Gasteiger partial charge is 0.263 e. The number of pyridine rings is 1. The summed E-state index contributed by atoms with van der Waals surface area (Å²) in [6.07, 6.45) is 3.59. The van der Waals surface area contributed by atoms with Crippen molar-refractivity contribution in [3.63, 3.8) is 0 Å².